The van der Waals surface area contributed by atoms with E-state index in [4.69, 9.17) is 9.47 Å². The van der Waals surface area contributed by atoms with Gasteiger partial charge in [0.2, 0.25) is 27.8 Å². The highest BCUT2D eigenvalue weighted by Crippen LogP contribution is 2.35. The summed E-state index contributed by atoms with van der Waals surface area (Å²) in [6.45, 7) is 5.86. The van der Waals surface area contributed by atoms with Gasteiger partial charge < -0.3 is 14.4 Å². The summed E-state index contributed by atoms with van der Waals surface area (Å²) in [5, 5.41) is 2.23. The van der Waals surface area contributed by atoms with Crippen LogP contribution >= 0.6 is 0 Å². The number of carbonyl (C=O) groups excluding carboxylic acids is 4. The van der Waals surface area contributed by atoms with Crippen molar-refractivity contribution in [3.8, 4) is 11.5 Å². The van der Waals surface area contributed by atoms with Crippen LogP contribution in [0.4, 0.5) is 11.6 Å². The van der Waals surface area contributed by atoms with Gasteiger partial charge in [-0.2, -0.15) is 0 Å². The fraction of sp³-hybridized carbons (Fsp3) is 0.333. The molecule has 2 fully saturated rings. The van der Waals surface area contributed by atoms with Crippen molar-refractivity contribution in [1.29, 1.82) is 0 Å². The van der Waals surface area contributed by atoms with Gasteiger partial charge in [-0.15, -0.1) is 0 Å². The lowest BCUT2D eigenvalue weighted by molar-refractivity contribution is -0.136. The number of piperidine rings is 2. The predicted octanol–water partition coefficient (Wildman–Crippen LogP) is 4.20. The van der Waals surface area contributed by atoms with Crippen molar-refractivity contribution >= 4 is 45.3 Å². The molecular weight excluding hydrogens is 713 g/mol. The maximum Gasteiger partial charge on any atom is 0.262 e. The molecule has 1 unspecified atom stereocenters. The van der Waals surface area contributed by atoms with E-state index in [-0.39, 0.29) is 48.0 Å². The lowest BCUT2D eigenvalue weighted by Gasteiger charge is -2.34. The average molecular weight is 753 g/mol. The molecule has 3 aromatic carbocycles. The van der Waals surface area contributed by atoms with Crippen LogP contribution in [0.15, 0.2) is 79.0 Å². The Kier molecular flexibility index (Phi) is 9.83. The zero-order valence-corrected chi connectivity index (χ0v) is 30.9. The topological polar surface area (TPSA) is 177 Å². The van der Waals surface area contributed by atoms with Crippen LogP contribution in [0.3, 0.4) is 0 Å². The van der Waals surface area contributed by atoms with E-state index in [0.29, 0.717) is 24.5 Å². The number of amides is 4. The minimum Gasteiger partial charge on any atom is -0.490 e. The Morgan fingerprint density at radius 2 is 1.50 bits per heavy atom. The number of ether oxygens (including phenoxy) is 2. The van der Waals surface area contributed by atoms with Crippen LogP contribution in [0.2, 0.25) is 0 Å². The van der Waals surface area contributed by atoms with Gasteiger partial charge in [0.15, 0.2) is 0 Å². The van der Waals surface area contributed by atoms with Crippen molar-refractivity contribution in [2.45, 2.75) is 63.7 Å². The smallest absolute Gasteiger partial charge is 0.262 e. The largest absolute Gasteiger partial charge is 0.490 e. The highest BCUT2D eigenvalue weighted by atomic mass is 32.2. The van der Waals surface area contributed by atoms with Gasteiger partial charge in [-0.3, -0.25) is 34.1 Å². The van der Waals surface area contributed by atoms with Crippen LogP contribution in [0.25, 0.3) is 0 Å². The lowest BCUT2D eigenvalue weighted by Crippen LogP contribution is -2.54. The maximum atomic E-state index is 13.3. The molecule has 4 heterocycles. The number of hydrogen-bond donors (Lipinski definition) is 2. The Hall–Kier alpha value is -5.83. The molecule has 54 heavy (non-hydrogen) atoms. The zero-order chi connectivity index (χ0) is 38.2. The monoisotopic (exact) mass is 752 g/mol. The fourth-order valence-corrected chi connectivity index (χ4v) is 7.44. The molecule has 15 heteroatoms. The van der Waals surface area contributed by atoms with Gasteiger partial charge in [0.05, 0.1) is 23.1 Å². The number of carbonyl (C=O) groups is 4. The van der Waals surface area contributed by atoms with Crippen LogP contribution in [0, 0.1) is 0 Å². The van der Waals surface area contributed by atoms with Crippen molar-refractivity contribution in [2.24, 2.45) is 0 Å². The van der Waals surface area contributed by atoms with Crippen LogP contribution in [-0.4, -0.2) is 78.4 Å². The lowest BCUT2D eigenvalue weighted by atomic mass is 9.78. The number of imide groups is 2. The molecule has 1 aromatic heterocycles. The predicted molar refractivity (Wildman–Crippen MR) is 199 cm³/mol. The Labute approximate surface area is 312 Å². The Balaban J connectivity index is 0.915. The summed E-state index contributed by atoms with van der Waals surface area (Å²) < 4.78 is 37.5. The van der Waals surface area contributed by atoms with Gasteiger partial charge in [-0.05, 0) is 66.1 Å². The van der Waals surface area contributed by atoms with E-state index in [9.17, 15) is 27.6 Å². The summed E-state index contributed by atoms with van der Waals surface area (Å²) in [6, 6.07) is 21.8. The molecular formula is C39H40N6O8S. The SMILES string of the molecule is CC(C)(c1ccc(OCc2ccnc(NS(C)(=O)=O)n2)cc1)c1ccc(OC2CCN(c3ccc4c(c3)C(=O)N(C3CCC(=O)NC3=O)C4=O)CC2)cc1. The number of rotatable bonds is 11. The second kappa shape index (κ2) is 14.5. The molecule has 2 saturated heterocycles. The number of sulfonamides is 1. The highest BCUT2D eigenvalue weighted by Gasteiger charge is 2.45. The van der Waals surface area contributed by atoms with Crippen molar-refractivity contribution in [2.75, 3.05) is 29.0 Å². The zero-order valence-electron chi connectivity index (χ0n) is 30.1. The number of nitrogens with one attached hydrogen (secondary N) is 2. The van der Waals surface area contributed by atoms with Gasteiger partial charge in [-0.25, -0.2) is 18.4 Å². The first-order valence-corrected chi connectivity index (χ1v) is 19.6. The minimum atomic E-state index is -3.49. The van der Waals surface area contributed by atoms with Crippen molar-refractivity contribution < 1.29 is 37.1 Å². The van der Waals surface area contributed by atoms with E-state index >= 15 is 0 Å². The van der Waals surface area contributed by atoms with Crippen LogP contribution in [0.1, 0.15) is 77.1 Å². The Bertz CT molecular complexity index is 2220. The number of nitrogens with zero attached hydrogens (tertiary/aromatic N) is 4. The third kappa shape index (κ3) is 7.76. The minimum absolute atomic E-state index is 0.00718. The number of hydrogen-bond acceptors (Lipinski definition) is 11. The maximum absolute atomic E-state index is 13.3. The molecule has 7 rings (SSSR count). The van der Waals surface area contributed by atoms with E-state index < -0.39 is 39.7 Å². The average Bonchev–Trinajstić information content (AvgIpc) is 3.39. The highest BCUT2D eigenvalue weighted by molar-refractivity contribution is 7.92. The van der Waals surface area contributed by atoms with Gasteiger partial charge in [0.1, 0.15) is 30.3 Å². The molecule has 1 atom stereocenters. The molecule has 0 aliphatic carbocycles. The summed E-state index contributed by atoms with van der Waals surface area (Å²) in [5.41, 5.74) is 3.81. The quantitative estimate of drug-likeness (QED) is 0.210. The van der Waals surface area contributed by atoms with Gasteiger partial charge in [0, 0.05) is 49.7 Å². The normalized spacial score (nSPS) is 18.0. The standard InChI is InChI=1S/C39H40N6O8S/c1-39(2,24-4-9-28(10-5-24)52-23-26-16-19-40-38(41-26)43-54(3,50)51)25-6-11-29(12-7-25)53-30-17-20-44(21-18-30)27-8-13-31-32(22-27)37(49)45(36(31)48)33-14-15-34(46)42-35(33)47/h4-13,16,19,22,30,33H,14-15,17-18,20-21,23H2,1-3H3,(H,40,41,43)(H,42,46,47). The molecule has 4 amide bonds. The first-order chi connectivity index (χ1) is 25.7. The molecule has 14 nitrogen and oxygen atoms in total. The number of benzene rings is 3. The third-order valence-electron chi connectivity index (χ3n) is 10.1. The molecule has 0 spiro atoms. The van der Waals surface area contributed by atoms with E-state index in [2.05, 4.69) is 50.9 Å². The number of aromatic nitrogens is 2. The first-order valence-electron chi connectivity index (χ1n) is 17.7. The summed E-state index contributed by atoms with van der Waals surface area (Å²) in [7, 11) is -3.49. The molecule has 280 valence electrons. The van der Waals surface area contributed by atoms with Gasteiger partial charge >= 0.3 is 0 Å². The van der Waals surface area contributed by atoms with Crippen LogP contribution in [0.5, 0.6) is 11.5 Å². The molecule has 4 aromatic rings. The summed E-state index contributed by atoms with van der Waals surface area (Å²) in [4.78, 5) is 61.6. The number of fused-ring (bicyclic) bond motifs is 1. The van der Waals surface area contributed by atoms with Gasteiger partial charge in [0.25, 0.3) is 11.8 Å². The van der Waals surface area contributed by atoms with Crippen molar-refractivity contribution in [1.82, 2.24) is 20.2 Å². The van der Waals surface area contributed by atoms with Crippen molar-refractivity contribution in [3.63, 3.8) is 0 Å². The Morgan fingerprint density at radius 1 is 0.852 bits per heavy atom. The second-order valence-corrected chi connectivity index (χ2v) is 15.9. The molecule has 2 N–H and O–H groups in total. The second-order valence-electron chi connectivity index (χ2n) is 14.2. The molecule has 0 radical (unpaired) electrons. The third-order valence-corrected chi connectivity index (χ3v) is 10.6. The Morgan fingerprint density at radius 3 is 2.15 bits per heavy atom. The first kappa shape index (κ1) is 36.5. The summed E-state index contributed by atoms with van der Waals surface area (Å²) in [6.07, 6.45) is 4.25. The van der Waals surface area contributed by atoms with E-state index in [1.54, 1.807) is 18.2 Å². The van der Waals surface area contributed by atoms with Crippen molar-refractivity contribution in [3.05, 3.63) is 107 Å². The summed E-state index contributed by atoms with van der Waals surface area (Å²) >= 11 is 0. The molecule has 3 aliphatic rings. The number of anilines is 2. The van der Waals surface area contributed by atoms with Crippen LogP contribution in [-0.2, 0) is 31.6 Å². The summed E-state index contributed by atoms with van der Waals surface area (Å²) in [5.74, 6) is -0.632. The van der Waals surface area contributed by atoms with E-state index in [1.807, 2.05) is 42.5 Å². The molecule has 0 bridgehead atoms. The van der Waals surface area contributed by atoms with Crippen LogP contribution < -0.4 is 24.4 Å². The van der Waals surface area contributed by atoms with Gasteiger partial charge in [-0.1, -0.05) is 38.1 Å². The van der Waals surface area contributed by atoms with E-state index in [0.717, 1.165) is 46.6 Å². The fourth-order valence-electron chi connectivity index (χ4n) is 7.01. The van der Waals surface area contributed by atoms with E-state index in [1.165, 1.54) is 6.20 Å². The molecule has 0 saturated carbocycles. The molecule has 3 aliphatic heterocycles.